The van der Waals surface area contributed by atoms with Crippen molar-refractivity contribution in [1.29, 1.82) is 0 Å². The van der Waals surface area contributed by atoms with Gasteiger partial charge in [0.1, 0.15) is 11.3 Å². The molecule has 0 unspecified atom stereocenters. The maximum absolute atomic E-state index is 13.4. The summed E-state index contributed by atoms with van der Waals surface area (Å²) in [6.45, 7) is 3.23. The topological polar surface area (TPSA) is 64.3 Å². The summed E-state index contributed by atoms with van der Waals surface area (Å²) in [5.41, 5.74) is 2.13. The number of halogens is 4. The molecule has 0 fully saturated rings. The van der Waals surface area contributed by atoms with E-state index in [1.165, 1.54) is 5.41 Å². The normalized spacial score (nSPS) is 10.4. The molecule has 0 aliphatic carbocycles. The number of nitrogen functional groups attached to an aromatic ring is 1. The van der Waals surface area contributed by atoms with Gasteiger partial charge in [0.15, 0.2) is 23.3 Å². The number of amides is 1. The van der Waals surface area contributed by atoms with E-state index in [1.54, 1.807) is 0 Å². The second-order valence-corrected chi connectivity index (χ2v) is 4.15. The predicted molar refractivity (Wildman–Crippen MR) is 66.8 cm³/mol. The molecule has 0 aromatic heterocycles. The molecular formula is C11H10F4N2O2S. The maximum Gasteiger partial charge on any atom is 0.257 e. The van der Waals surface area contributed by atoms with Crippen molar-refractivity contribution in [3.8, 4) is 0 Å². The van der Waals surface area contributed by atoms with Gasteiger partial charge in [-0.25, -0.2) is 17.6 Å². The number of nitrogens with one attached hydrogen (secondary N) is 1. The minimum Gasteiger partial charge on any atom is -0.394 e. The Kier molecular flexibility index (Phi) is 5.83. The van der Waals surface area contributed by atoms with Crippen molar-refractivity contribution in [3.63, 3.8) is 0 Å². The lowest BCUT2D eigenvalue weighted by Crippen LogP contribution is -2.29. The van der Waals surface area contributed by atoms with E-state index >= 15 is 0 Å². The molecule has 0 bridgehead atoms. The summed E-state index contributed by atoms with van der Waals surface area (Å²) in [6.07, 6.45) is 0. The number of nitrogens with two attached hydrogens (primary N) is 1. The Morgan fingerprint density at radius 3 is 2.30 bits per heavy atom. The Labute approximate surface area is 116 Å². The zero-order chi connectivity index (χ0) is 15.3. The van der Waals surface area contributed by atoms with E-state index in [2.05, 4.69) is 6.58 Å². The average Bonchev–Trinajstić information content (AvgIpc) is 2.43. The van der Waals surface area contributed by atoms with Crippen LogP contribution in [0.4, 0.5) is 23.2 Å². The smallest absolute Gasteiger partial charge is 0.257 e. The van der Waals surface area contributed by atoms with Crippen molar-refractivity contribution in [2.24, 2.45) is 0 Å². The quantitative estimate of drug-likeness (QED) is 0.278. The largest absolute Gasteiger partial charge is 0.394 e. The molecule has 0 aliphatic heterocycles. The molecule has 0 atom stereocenters. The molecule has 1 aromatic carbocycles. The first-order chi connectivity index (χ1) is 9.41. The van der Waals surface area contributed by atoms with Crippen LogP contribution in [0.25, 0.3) is 0 Å². The molecule has 1 rings (SSSR count). The van der Waals surface area contributed by atoms with Crippen molar-refractivity contribution < 1.29 is 26.5 Å². The van der Waals surface area contributed by atoms with E-state index in [4.69, 9.17) is 9.92 Å². The van der Waals surface area contributed by atoms with Gasteiger partial charge >= 0.3 is 0 Å². The van der Waals surface area contributed by atoms with Crippen LogP contribution in [0.2, 0.25) is 0 Å². The van der Waals surface area contributed by atoms with Gasteiger partial charge in [0.25, 0.3) is 5.91 Å². The van der Waals surface area contributed by atoms with Gasteiger partial charge in [-0.1, -0.05) is 6.58 Å². The van der Waals surface area contributed by atoms with Crippen LogP contribution in [0.15, 0.2) is 12.0 Å². The van der Waals surface area contributed by atoms with Gasteiger partial charge in [-0.05, 0) is 5.41 Å². The monoisotopic (exact) mass is 310 g/mol. The summed E-state index contributed by atoms with van der Waals surface area (Å²) in [6, 6.07) is 0. The van der Waals surface area contributed by atoms with Gasteiger partial charge in [0.05, 0.1) is 6.61 Å². The highest BCUT2D eigenvalue weighted by Crippen LogP contribution is 2.25. The van der Waals surface area contributed by atoms with Crippen LogP contribution in [0, 0.1) is 23.3 Å². The van der Waals surface area contributed by atoms with Crippen molar-refractivity contribution in [2.75, 3.05) is 18.9 Å². The fourth-order valence-electron chi connectivity index (χ4n) is 1.24. The van der Waals surface area contributed by atoms with Gasteiger partial charge in [-0.2, -0.15) is 0 Å². The molecule has 0 saturated carbocycles. The SMILES string of the molecule is C=CSOCCNC(=O)c1c(F)c(F)c(N)c(F)c1F. The molecule has 1 aromatic rings. The average molecular weight is 310 g/mol. The predicted octanol–water partition coefficient (Wildman–Crippen LogP) is 2.36. The van der Waals surface area contributed by atoms with Crippen molar-refractivity contribution in [3.05, 3.63) is 40.8 Å². The van der Waals surface area contributed by atoms with E-state index in [0.29, 0.717) is 0 Å². The summed E-state index contributed by atoms with van der Waals surface area (Å²) >= 11 is 0.897. The molecular weight excluding hydrogens is 300 g/mol. The van der Waals surface area contributed by atoms with E-state index in [-0.39, 0.29) is 13.2 Å². The fourth-order valence-corrected chi connectivity index (χ4v) is 1.51. The number of anilines is 1. The van der Waals surface area contributed by atoms with Gasteiger partial charge in [-0.15, -0.1) is 0 Å². The summed E-state index contributed by atoms with van der Waals surface area (Å²) < 4.78 is 58.0. The number of rotatable bonds is 6. The van der Waals surface area contributed by atoms with Crippen LogP contribution >= 0.6 is 12.0 Å². The first kappa shape index (κ1) is 16.3. The van der Waals surface area contributed by atoms with Crippen LogP contribution in [0.3, 0.4) is 0 Å². The van der Waals surface area contributed by atoms with E-state index in [9.17, 15) is 22.4 Å². The zero-order valence-electron chi connectivity index (χ0n) is 10.0. The molecule has 0 radical (unpaired) electrons. The van der Waals surface area contributed by atoms with Gasteiger partial charge in [-0.3, -0.25) is 4.79 Å². The molecule has 0 aliphatic rings. The van der Waals surface area contributed by atoms with Gasteiger partial charge in [0, 0.05) is 18.6 Å². The molecule has 1 amide bonds. The van der Waals surface area contributed by atoms with Crippen LogP contribution in [0.1, 0.15) is 10.4 Å². The van der Waals surface area contributed by atoms with E-state index < -0.39 is 40.4 Å². The molecule has 20 heavy (non-hydrogen) atoms. The first-order valence-electron chi connectivity index (χ1n) is 5.20. The minimum atomic E-state index is -1.85. The maximum atomic E-state index is 13.4. The lowest BCUT2D eigenvalue weighted by Gasteiger charge is -2.09. The van der Waals surface area contributed by atoms with Gasteiger partial charge in [0.2, 0.25) is 0 Å². The summed E-state index contributed by atoms with van der Waals surface area (Å²) in [5.74, 6) is -8.63. The van der Waals surface area contributed by atoms with Crippen LogP contribution < -0.4 is 11.1 Å². The third-order valence-electron chi connectivity index (χ3n) is 2.13. The van der Waals surface area contributed by atoms with E-state index in [1.807, 2.05) is 5.32 Å². The highest BCUT2D eigenvalue weighted by molar-refractivity contribution is 7.97. The Bertz CT molecular complexity index is 511. The summed E-state index contributed by atoms with van der Waals surface area (Å²) in [7, 11) is 0. The Hall–Kier alpha value is -1.74. The number of benzene rings is 1. The molecule has 3 N–H and O–H groups in total. The van der Waals surface area contributed by atoms with Crippen LogP contribution in [-0.4, -0.2) is 19.1 Å². The molecule has 9 heteroatoms. The van der Waals surface area contributed by atoms with Crippen LogP contribution in [-0.2, 0) is 4.18 Å². The second kappa shape index (κ2) is 7.15. The Morgan fingerprint density at radius 1 is 1.25 bits per heavy atom. The number of hydrogen-bond acceptors (Lipinski definition) is 4. The fraction of sp³-hybridized carbons (Fsp3) is 0.182. The number of hydrogen-bond donors (Lipinski definition) is 2. The lowest BCUT2D eigenvalue weighted by atomic mass is 10.1. The van der Waals surface area contributed by atoms with Crippen molar-refractivity contribution in [1.82, 2.24) is 5.32 Å². The highest BCUT2D eigenvalue weighted by Gasteiger charge is 2.27. The summed E-state index contributed by atoms with van der Waals surface area (Å²) in [4.78, 5) is 11.5. The zero-order valence-corrected chi connectivity index (χ0v) is 10.8. The molecule has 110 valence electrons. The summed E-state index contributed by atoms with van der Waals surface area (Å²) in [5, 5.41) is 3.43. The lowest BCUT2D eigenvalue weighted by molar-refractivity contribution is 0.0937. The van der Waals surface area contributed by atoms with Crippen LogP contribution in [0.5, 0.6) is 0 Å². The Balaban J connectivity index is 2.86. The van der Waals surface area contributed by atoms with Crippen molar-refractivity contribution >= 4 is 23.6 Å². The minimum absolute atomic E-state index is 0.00556. The van der Waals surface area contributed by atoms with E-state index in [0.717, 1.165) is 12.0 Å². The highest BCUT2D eigenvalue weighted by atomic mass is 32.2. The second-order valence-electron chi connectivity index (χ2n) is 3.39. The molecule has 0 spiro atoms. The van der Waals surface area contributed by atoms with Crippen molar-refractivity contribution in [2.45, 2.75) is 0 Å². The first-order valence-corrected chi connectivity index (χ1v) is 6.01. The third-order valence-corrected chi connectivity index (χ3v) is 2.57. The molecule has 4 nitrogen and oxygen atoms in total. The van der Waals surface area contributed by atoms with Gasteiger partial charge < -0.3 is 15.2 Å². The molecule has 0 saturated heterocycles. The molecule has 0 heterocycles. The third kappa shape index (κ3) is 3.42. The number of carbonyl (C=O) groups is 1. The number of carbonyl (C=O) groups excluding carboxylic acids is 1. The Morgan fingerprint density at radius 2 is 1.80 bits per heavy atom. The standard InChI is InChI=1S/C11H10F4N2O2S/c1-2-20-19-4-3-17-11(18)5-6(12)8(14)10(16)9(15)7(5)13/h2H,1,3-4,16H2,(H,17,18).